The van der Waals surface area contributed by atoms with Gasteiger partial charge in [0.1, 0.15) is 10.6 Å². The molecule has 2 heterocycles. The molecule has 6 rings (SSSR count). The lowest BCUT2D eigenvalue weighted by molar-refractivity contribution is -0.120. The molecule has 0 unspecified atom stereocenters. The zero-order valence-electron chi connectivity index (χ0n) is 20.7. The van der Waals surface area contributed by atoms with Gasteiger partial charge in [-0.3, -0.25) is 14.4 Å². The van der Waals surface area contributed by atoms with Crippen LogP contribution in [0.5, 0.6) is 11.5 Å². The third kappa shape index (κ3) is 5.18. The average molecular weight is 614 g/mol. The molecule has 4 aromatic carbocycles. The Kier molecular flexibility index (Phi) is 7.02. The third-order valence-corrected chi connectivity index (χ3v) is 7.76. The second-order valence-corrected chi connectivity index (χ2v) is 10.8. The highest BCUT2D eigenvalue weighted by molar-refractivity contribution is 9.10. The lowest BCUT2D eigenvalue weighted by Crippen LogP contribution is -2.32. The number of carbonyl (C=O) groups is 3. The predicted molar refractivity (Wildman–Crippen MR) is 157 cm³/mol. The van der Waals surface area contributed by atoms with Crippen LogP contribution in [0.4, 0.5) is 17.1 Å². The summed E-state index contributed by atoms with van der Waals surface area (Å²) in [5, 5.41) is 6.00. The first-order valence-corrected chi connectivity index (χ1v) is 13.8. The molecule has 2 aliphatic heterocycles. The number of thioether (sulfide) groups is 1. The fraction of sp³-hybridized carbons (Fsp3) is 0.0333. The van der Waals surface area contributed by atoms with Crippen LogP contribution >= 0.6 is 27.7 Å². The molecule has 198 valence electrons. The minimum absolute atomic E-state index is 0.132. The van der Waals surface area contributed by atoms with Crippen molar-refractivity contribution >= 4 is 62.5 Å². The average Bonchev–Trinajstić information content (AvgIpc) is 3.53. The van der Waals surface area contributed by atoms with Gasteiger partial charge in [0.15, 0.2) is 11.5 Å². The van der Waals surface area contributed by atoms with Gasteiger partial charge >= 0.3 is 0 Å². The molecule has 0 bridgehead atoms. The first kappa shape index (κ1) is 25.7. The highest BCUT2D eigenvalue weighted by Crippen LogP contribution is 2.38. The highest BCUT2D eigenvalue weighted by atomic mass is 79.9. The van der Waals surface area contributed by atoms with Gasteiger partial charge < -0.3 is 20.1 Å². The smallest absolute Gasteiger partial charge is 0.283 e. The highest BCUT2D eigenvalue weighted by Gasteiger charge is 2.40. The van der Waals surface area contributed by atoms with Gasteiger partial charge in [-0.1, -0.05) is 45.9 Å². The number of fused-ring (bicyclic) bond motifs is 1. The van der Waals surface area contributed by atoms with E-state index in [0.717, 1.165) is 9.37 Å². The third-order valence-electron chi connectivity index (χ3n) is 6.14. The minimum atomic E-state index is -0.436. The number of nitrogens with zero attached hydrogens (tertiary/aromatic N) is 1. The first-order chi connectivity index (χ1) is 19.5. The summed E-state index contributed by atoms with van der Waals surface area (Å²) in [6.07, 6.45) is 0. The molecule has 8 nitrogen and oxygen atoms in total. The van der Waals surface area contributed by atoms with Crippen LogP contribution in [0, 0.1) is 0 Å². The van der Waals surface area contributed by atoms with Gasteiger partial charge in [-0.2, -0.15) is 0 Å². The number of nitrogens with one attached hydrogen (secondary N) is 2. The molecule has 2 aliphatic rings. The van der Waals surface area contributed by atoms with Gasteiger partial charge in [-0.25, -0.2) is 4.90 Å². The van der Waals surface area contributed by atoms with Crippen molar-refractivity contribution in [2.24, 2.45) is 0 Å². The van der Waals surface area contributed by atoms with E-state index in [4.69, 9.17) is 9.47 Å². The number of hydrogen-bond acceptors (Lipinski definition) is 7. The summed E-state index contributed by atoms with van der Waals surface area (Å²) in [7, 11) is 0. The molecule has 4 aromatic rings. The fourth-order valence-corrected chi connectivity index (χ4v) is 5.36. The van der Waals surface area contributed by atoms with Crippen molar-refractivity contribution in [1.82, 2.24) is 0 Å². The van der Waals surface area contributed by atoms with Crippen molar-refractivity contribution < 1.29 is 23.9 Å². The number of carbonyl (C=O) groups excluding carboxylic acids is 3. The van der Waals surface area contributed by atoms with Gasteiger partial charge in [0, 0.05) is 26.3 Å². The zero-order chi connectivity index (χ0) is 27.6. The molecule has 2 N–H and O–H groups in total. The van der Waals surface area contributed by atoms with Crippen molar-refractivity contribution in [2.75, 3.05) is 22.3 Å². The van der Waals surface area contributed by atoms with E-state index < -0.39 is 11.8 Å². The van der Waals surface area contributed by atoms with Crippen molar-refractivity contribution in [3.05, 3.63) is 118 Å². The van der Waals surface area contributed by atoms with E-state index in [1.807, 2.05) is 30.3 Å². The molecule has 0 aromatic heterocycles. The Morgan fingerprint density at radius 1 is 0.800 bits per heavy atom. The Bertz CT molecular complexity index is 1660. The van der Waals surface area contributed by atoms with Gasteiger partial charge in [0.05, 0.1) is 5.69 Å². The number of anilines is 3. The lowest BCUT2D eigenvalue weighted by atomic mass is 10.2. The monoisotopic (exact) mass is 613 g/mol. The number of benzene rings is 4. The van der Waals surface area contributed by atoms with E-state index in [9.17, 15) is 14.4 Å². The number of ether oxygens (including phenoxy) is 2. The van der Waals surface area contributed by atoms with Gasteiger partial charge in [0.2, 0.25) is 6.79 Å². The van der Waals surface area contributed by atoms with E-state index in [1.165, 1.54) is 16.7 Å². The Hall–Kier alpha value is -4.54. The molecule has 0 radical (unpaired) electrons. The second-order valence-electron chi connectivity index (χ2n) is 8.77. The van der Waals surface area contributed by atoms with Crippen molar-refractivity contribution in [1.29, 1.82) is 0 Å². The van der Waals surface area contributed by atoms with E-state index in [1.54, 1.807) is 66.7 Å². The zero-order valence-corrected chi connectivity index (χ0v) is 23.1. The largest absolute Gasteiger partial charge is 0.454 e. The summed E-state index contributed by atoms with van der Waals surface area (Å²) in [6.45, 7) is 0.132. The van der Waals surface area contributed by atoms with E-state index in [2.05, 4.69) is 26.6 Å². The maximum Gasteiger partial charge on any atom is 0.283 e. The van der Waals surface area contributed by atoms with Crippen LogP contribution in [0.2, 0.25) is 0 Å². The Morgan fingerprint density at radius 2 is 1.50 bits per heavy atom. The summed E-state index contributed by atoms with van der Waals surface area (Å²) >= 11 is 4.59. The van der Waals surface area contributed by atoms with Crippen LogP contribution in [0.3, 0.4) is 0 Å². The summed E-state index contributed by atoms with van der Waals surface area (Å²) < 4.78 is 11.5. The molecular formula is C30H20BrN3O5S. The summed E-state index contributed by atoms with van der Waals surface area (Å²) in [5.74, 6) is -0.0137. The molecule has 3 amide bonds. The minimum Gasteiger partial charge on any atom is -0.454 e. The van der Waals surface area contributed by atoms with Crippen LogP contribution in [-0.4, -0.2) is 24.5 Å². The number of rotatable bonds is 7. The number of para-hydroxylation sites is 1. The van der Waals surface area contributed by atoms with Crippen molar-refractivity contribution in [3.63, 3.8) is 0 Å². The van der Waals surface area contributed by atoms with E-state index in [-0.39, 0.29) is 23.3 Å². The number of imide groups is 1. The van der Waals surface area contributed by atoms with E-state index in [0.29, 0.717) is 34.1 Å². The molecule has 0 aliphatic carbocycles. The molecule has 10 heteroatoms. The first-order valence-electron chi connectivity index (χ1n) is 12.2. The van der Waals surface area contributed by atoms with Crippen LogP contribution in [0.15, 0.2) is 117 Å². The maximum absolute atomic E-state index is 13.5. The number of amides is 3. The van der Waals surface area contributed by atoms with Crippen LogP contribution in [0.25, 0.3) is 0 Å². The lowest BCUT2D eigenvalue weighted by Gasteiger charge is -2.15. The number of halogens is 1. The molecule has 0 atom stereocenters. The molecule has 0 saturated carbocycles. The van der Waals surface area contributed by atoms with Crippen LogP contribution in [0.1, 0.15) is 10.4 Å². The van der Waals surface area contributed by atoms with Crippen LogP contribution < -0.4 is 25.0 Å². The topological polar surface area (TPSA) is 97.0 Å². The number of hydrogen-bond donors (Lipinski definition) is 2. The summed E-state index contributed by atoms with van der Waals surface area (Å²) in [5.41, 5.74) is 2.38. The van der Waals surface area contributed by atoms with Gasteiger partial charge in [-0.15, -0.1) is 0 Å². The Labute approximate surface area is 242 Å². The molecular weight excluding hydrogens is 594 g/mol. The Morgan fingerprint density at radius 3 is 2.25 bits per heavy atom. The quantitative estimate of drug-likeness (QED) is 0.232. The summed E-state index contributed by atoms with van der Waals surface area (Å²) in [6, 6.07) is 28.2. The maximum atomic E-state index is 13.5. The van der Waals surface area contributed by atoms with Crippen molar-refractivity contribution in [2.45, 2.75) is 4.90 Å². The van der Waals surface area contributed by atoms with E-state index >= 15 is 0 Å². The second kappa shape index (κ2) is 10.9. The molecule has 0 saturated heterocycles. The Balaban J connectivity index is 1.23. The van der Waals surface area contributed by atoms with Gasteiger partial charge in [-0.05, 0) is 78.9 Å². The molecule has 40 heavy (non-hydrogen) atoms. The SMILES string of the molecule is O=C(Nc1ccc(SC2=C(Nc3ccc(Br)cc3)C(=O)N(c3ccccc3)C2=O)cc1)c1ccc2c(c1)OCO2. The summed E-state index contributed by atoms with van der Waals surface area (Å²) in [4.78, 5) is 41.9. The predicted octanol–water partition coefficient (Wildman–Crippen LogP) is 6.42. The molecule has 0 spiro atoms. The van der Waals surface area contributed by atoms with Crippen molar-refractivity contribution in [3.8, 4) is 11.5 Å². The molecule has 0 fully saturated rings. The van der Waals surface area contributed by atoms with Gasteiger partial charge in [0.25, 0.3) is 17.7 Å². The standard InChI is InChI=1S/C30H20BrN3O5S/c31-19-7-9-20(10-8-19)32-26-27(30(37)34(29(26)36)22-4-2-1-3-5-22)40-23-13-11-21(12-14-23)33-28(35)18-6-15-24-25(16-18)39-17-38-24/h1-16,32H,17H2,(H,33,35). The van der Waals surface area contributed by atoms with Crippen LogP contribution in [-0.2, 0) is 9.59 Å². The normalized spacial score (nSPS) is 14.1. The fourth-order valence-electron chi connectivity index (χ4n) is 4.17.